The van der Waals surface area contributed by atoms with Crippen molar-refractivity contribution in [2.75, 3.05) is 20.8 Å². The van der Waals surface area contributed by atoms with Gasteiger partial charge in [0, 0.05) is 33.3 Å². The fourth-order valence-corrected chi connectivity index (χ4v) is 5.76. The number of ketones is 1. The predicted octanol–water partition coefficient (Wildman–Crippen LogP) is 4.08. The molecule has 0 saturated carbocycles. The lowest BCUT2D eigenvalue weighted by molar-refractivity contribution is -0.149. The van der Waals surface area contributed by atoms with E-state index in [1.165, 1.54) is 25.6 Å². The van der Waals surface area contributed by atoms with Gasteiger partial charge in [0.2, 0.25) is 0 Å². The number of hydrogen-bond acceptors (Lipinski definition) is 8. The summed E-state index contributed by atoms with van der Waals surface area (Å²) >= 11 is 1.50. The average Bonchev–Trinajstić information content (AvgIpc) is 3.38. The van der Waals surface area contributed by atoms with E-state index in [4.69, 9.17) is 14.2 Å². The molecule has 1 N–H and O–H groups in total. The molecule has 0 unspecified atom stereocenters. The predicted molar refractivity (Wildman–Crippen MR) is 127 cm³/mol. The van der Waals surface area contributed by atoms with Crippen molar-refractivity contribution in [1.82, 2.24) is 5.32 Å². The monoisotopic (exact) mass is 481 g/mol. The van der Waals surface area contributed by atoms with Crippen molar-refractivity contribution in [2.24, 2.45) is 5.92 Å². The normalized spacial score (nSPS) is 22.1. The van der Waals surface area contributed by atoms with E-state index in [1.807, 2.05) is 48.7 Å². The Labute approximate surface area is 202 Å². The Hall–Kier alpha value is -3.39. The van der Waals surface area contributed by atoms with Crippen molar-refractivity contribution in [3.05, 3.63) is 74.8 Å². The zero-order chi connectivity index (χ0) is 24.4. The van der Waals surface area contributed by atoms with E-state index in [0.29, 0.717) is 46.9 Å². The molecule has 1 aliphatic carbocycles. The Kier molecular flexibility index (Phi) is 6.88. The number of hydrogen-bond donors (Lipinski definition) is 1. The van der Waals surface area contributed by atoms with E-state index in [1.54, 1.807) is 6.92 Å². The fourth-order valence-electron chi connectivity index (χ4n) is 4.90. The smallest absolute Gasteiger partial charge is 0.336 e. The summed E-state index contributed by atoms with van der Waals surface area (Å²) in [4.78, 5) is 40.9. The number of dihydropyridines is 1. The Morgan fingerprint density at radius 1 is 1.12 bits per heavy atom. The molecule has 1 aromatic carbocycles. The van der Waals surface area contributed by atoms with Crippen molar-refractivity contribution in [2.45, 2.75) is 32.1 Å². The van der Waals surface area contributed by atoms with Crippen molar-refractivity contribution in [1.29, 1.82) is 0 Å². The molecule has 178 valence electrons. The van der Waals surface area contributed by atoms with Gasteiger partial charge in [-0.05, 0) is 37.8 Å². The number of allylic oxidation sites excluding steroid dienone is 3. The van der Waals surface area contributed by atoms with Crippen LogP contribution in [-0.2, 0) is 23.9 Å². The Morgan fingerprint density at radius 3 is 2.53 bits per heavy atom. The second kappa shape index (κ2) is 9.85. The molecular weight excluding hydrogens is 454 g/mol. The van der Waals surface area contributed by atoms with Gasteiger partial charge in [-0.1, -0.05) is 24.3 Å². The molecule has 1 aliphatic heterocycles. The number of rotatable bonds is 6. The molecule has 0 saturated heterocycles. The number of thiophene rings is 1. The second-order valence-corrected chi connectivity index (χ2v) is 9.12. The van der Waals surface area contributed by atoms with Gasteiger partial charge in [0.25, 0.3) is 0 Å². The number of carbonyl (C=O) groups is 3. The van der Waals surface area contributed by atoms with Gasteiger partial charge in [-0.2, -0.15) is 0 Å². The Morgan fingerprint density at radius 2 is 1.88 bits per heavy atom. The third-order valence-corrected chi connectivity index (χ3v) is 7.32. The van der Waals surface area contributed by atoms with Gasteiger partial charge in [-0.3, -0.25) is 9.59 Å². The molecule has 0 radical (unpaired) electrons. The van der Waals surface area contributed by atoms with E-state index in [2.05, 4.69) is 5.32 Å². The minimum absolute atomic E-state index is 0.319. The lowest BCUT2D eigenvalue weighted by atomic mass is 9.68. The summed E-state index contributed by atoms with van der Waals surface area (Å²) in [5.41, 5.74) is 2.67. The first-order valence-electron chi connectivity index (χ1n) is 11.1. The summed E-state index contributed by atoms with van der Waals surface area (Å²) in [5.74, 6) is -3.03. The molecule has 8 heteroatoms. The summed E-state index contributed by atoms with van der Waals surface area (Å²) in [7, 11) is 2.60. The van der Waals surface area contributed by atoms with Crippen molar-refractivity contribution in [3.8, 4) is 5.75 Å². The molecule has 0 amide bonds. The van der Waals surface area contributed by atoms with Gasteiger partial charge >= 0.3 is 11.9 Å². The maximum atomic E-state index is 14.1. The van der Waals surface area contributed by atoms with E-state index in [-0.39, 0.29) is 11.7 Å². The number of esters is 2. The average molecular weight is 482 g/mol. The molecule has 3 atom stereocenters. The highest BCUT2D eigenvalue weighted by Gasteiger charge is 2.49. The Bertz CT molecular complexity index is 1180. The van der Waals surface area contributed by atoms with Crippen LogP contribution in [0.3, 0.4) is 0 Å². The lowest BCUT2D eigenvalue weighted by Crippen LogP contribution is -2.43. The SMILES string of the molecule is CCOc1ccccc1[C@H]1C(C(=O)OC)=C(C)NC2=C1C(=O)[C@@H](C(=O)OC)[C@H](c1cccs1)C2. The summed E-state index contributed by atoms with van der Waals surface area (Å²) in [5, 5.41) is 5.21. The quantitative estimate of drug-likeness (QED) is 0.491. The lowest BCUT2D eigenvalue weighted by Gasteiger charge is -2.39. The van der Waals surface area contributed by atoms with Crippen LogP contribution in [0.25, 0.3) is 0 Å². The van der Waals surface area contributed by atoms with Crippen LogP contribution < -0.4 is 10.1 Å². The first-order chi connectivity index (χ1) is 16.4. The molecule has 34 heavy (non-hydrogen) atoms. The van der Waals surface area contributed by atoms with Crippen LogP contribution in [-0.4, -0.2) is 38.5 Å². The van der Waals surface area contributed by atoms with Gasteiger partial charge in [-0.15, -0.1) is 11.3 Å². The molecule has 0 fully saturated rings. The number of methoxy groups -OCH3 is 2. The molecule has 0 bridgehead atoms. The van der Waals surface area contributed by atoms with Crippen LogP contribution in [0.1, 0.15) is 42.5 Å². The number of benzene rings is 1. The first-order valence-corrected chi connectivity index (χ1v) is 12.0. The molecule has 0 spiro atoms. The standard InChI is InChI=1S/C26H27NO6S/c1-5-33-18-10-7-6-9-15(18)21-20(25(29)31-3)14(2)27-17-13-16(19-11-8-12-34-19)22(26(30)32-4)24(28)23(17)21/h6-12,16,21-22,27H,5,13H2,1-4H3/t16-,21-,22-/m0/s1. The second-order valence-electron chi connectivity index (χ2n) is 8.14. The summed E-state index contributed by atoms with van der Waals surface area (Å²) in [6.07, 6.45) is 0.431. The molecule has 2 heterocycles. The van der Waals surface area contributed by atoms with E-state index >= 15 is 0 Å². The molecule has 7 nitrogen and oxygen atoms in total. The van der Waals surface area contributed by atoms with Crippen molar-refractivity contribution < 1.29 is 28.6 Å². The van der Waals surface area contributed by atoms with Gasteiger partial charge in [0.15, 0.2) is 5.78 Å². The number of ether oxygens (including phenoxy) is 3. The third kappa shape index (κ3) is 4.03. The highest BCUT2D eigenvalue weighted by atomic mass is 32.1. The van der Waals surface area contributed by atoms with Gasteiger partial charge < -0.3 is 19.5 Å². The maximum Gasteiger partial charge on any atom is 0.336 e. The van der Waals surface area contributed by atoms with E-state index in [9.17, 15) is 14.4 Å². The highest BCUT2D eigenvalue weighted by molar-refractivity contribution is 7.10. The van der Waals surface area contributed by atoms with Crippen LogP contribution in [0.5, 0.6) is 5.75 Å². The summed E-state index contributed by atoms with van der Waals surface area (Å²) in [6, 6.07) is 11.2. The number of carbonyl (C=O) groups excluding carboxylic acids is 3. The van der Waals surface area contributed by atoms with E-state index in [0.717, 1.165) is 4.88 Å². The zero-order valence-electron chi connectivity index (χ0n) is 19.5. The molecule has 2 aliphatic rings. The zero-order valence-corrected chi connectivity index (χ0v) is 20.4. The Balaban J connectivity index is 1.94. The van der Waals surface area contributed by atoms with Crippen LogP contribution in [0.15, 0.2) is 64.3 Å². The maximum absolute atomic E-state index is 14.1. The topological polar surface area (TPSA) is 90.9 Å². The molecular formula is C26H27NO6S. The molecule has 1 aromatic heterocycles. The van der Waals surface area contributed by atoms with E-state index < -0.39 is 23.8 Å². The summed E-state index contributed by atoms with van der Waals surface area (Å²) in [6.45, 7) is 4.09. The number of nitrogens with one attached hydrogen (secondary N) is 1. The fraction of sp³-hybridized carbons (Fsp3) is 0.346. The number of para-hydroxylation sites is 1. The third-order valence-electron chi connectivity index (χ3n) is 6.32. The largest absolute Gasteiger partial charge is 0.494 e. The van der Waals surface area contributed by atoms with Gasteiger partial charge in [-0.25, -0.2) is 4.79 Å². The van der Waals surface area contributed by atoms with Crippen LogP contribution >= 0.6 is 11.3 Å². The minimum atomic E-state index is -1.01. The van der Waals surface area contributed by atoms with Crippen molar-refractivity contribution >= 4 is 29.1 Å². The first kappa shape index (κ1) is 23.8. The van der Waals surface area contributed by atoms with Gasteiger partial charge in [0.05, 0.1) is 32.3 Å². The van der Waals surface area contributed by atoms with Crippen LogP contribution in [0.2, 0.25) is 0 Å². The molecule has 2 aromatic rings. The number of Topliss-reactive ketones (excluding diaryl/α,β-unsaturated/α-hetero) is 1. The summed E-state index contributed by atoms with van der Waals surface area (Å²) < 4.78 is 16.0. The van der Waals surface area contributed by atoms with Crippen molar-refractivity contribution in [3.63, 3.8) is 0 Å². The van der Waals surface area contributed by atoms with Gasteiger partial charge in [0.1, 0.15) is 11.7 Å². The molecule has 4 rings (SSSR count). The highest BCUT2D eigenvalue weighted by Crippen LogP contribution is 2.50. The minimum Gasteiger partial charge on any atom is -0.494 e. The van der Waals surface area contributed by atoms with Crippen LogP contribution in [0, 0.1) is 5.92 Å². The van der Waals surface area contributed by atoms with Crippen LogP contribution in [0.4, 0.5) is 0 Å².